The number of amides is 1. The van der Waals surface area contributed by atoms with Crippen LogP contribution in [-0.2, 0) is 9.59 Å². The van der Waals surface area contributed by atoms with Crippen LogP contribution in [0.3, 0.4) is 0 Å². The molecular weight excluding hydrogens is 454 g/mol. The maximum Gasteiger partial charge on any atom is 0.301 e. The quantitative estimate of drug-likeness (QED) is 0.261. The van der Waals surface area contributed by atoms with Crippen molar-refractivity contribution in [3.63, 3.8) is 0 Å². The van der Waals surface area contributed by atoms with Crippen molar-refractivity contribution in [2.75, 3.05) is 19.1 Å². The first kappa shape index (κ1) is 21.6. The molecule has 2 heterocycles. The first-order chi connectivity index (χ1) is 16.5. The number of methoxy groups -OCH3 is 2. The van der Waals surface area contributed by atoms with Gasteiger partial charge >= 0.3 is 5.91 Å². The molecule has 3 aromatic carbocycles. The van der Waals surface area contributed by atoms with E-state index in [0.717, 1.165) is 22.1 Å². The van der Waals surface area contributed by atoms with Crippen LogP contribution in [0.2, 0.25) is 0 Å². The molecule has 9 heteroatoms. The van der Waals surface area contributed by atoms with Crippen LogP contribution in [0.4, 0.5) is 5.13 Å². The number of benzene rings is 3. The van der Waals surface area contributed by atoms with Crippen molar-refractivity contribution >= 4 is 44.7 Å². The van der Waals surface area contributed by atoms with Gasteiger partial charge in [-0.15, -0.1) is 10.2 Å². The average Bonchev–Trinajstić information content (AvgIpc) is 3.49. The number of aromatic nitrogens is 2. The third kappa shape index (κ3) is 3.56. The number of aliphatic hydroxyl groups is 1. The van der Waals surface area contributed by atoms with E-state index in [0.29, 0.717) is 22.6 Å². The number of nitrogens with zero attached hydrogens (tertiary/aromatic N) is 3. The molecule has 1 fully saturated rings. The summed E-state index contributed by atoms with van der Waals surface area (Å²) in [6.07, 6.45) is 0. The van der Waals surface area contributed by atoms with Crippen LogP contribution in [0.25, 0.3) is 16.5 Å². The van der Waals surface area contributed by atoms with Crippen molar-refractivity contribution in [1.82, 2.24) is 10.2 Å². The minimum atomic E-state index is -0.870. The molecule has 8 nitrogen and oxygen atoms in total. The maximum absolute atomic E-state index is 13.2. The maximum atomic E-state index is 13.2. The summed E-state index contributed by atoms with van der Waals surface area (Å²) in [6, 6.07) is 17.0. The molecule has 1 saturated heterocycles. The van der Waals surface area contributed by atoms with Gasteiger partial charge in [-0.25, -0.2) is 0 Å². The summed E-state index contributed by atoms with van der Waals surface area (Å²) in [5.41, 5.74) is 2.52. The number of Topliss-reactive ketones (excluding diaryl/α,β-unsaturated/α-hetero) is 1. The second-order valence-electron chi connectivity index (χ2n) is 7.59. The third-order valence-electron chi connectivity index (χ3n) is 5.75. The Bertz CT molecular complexity index is 1430. The highest BCUT2D eigenvalue weighted by molar-refractivity contribution is 7.13. The van der Waals surface area contributed by atoms with Gasteiger partial charge in [0.2, 0.25) is 5.13 Å². The molecule has 1 unspecified atom stereocenters. The van der Waals surface area contributed by atoms with Gasteiger partial charge in [0.05, 0.1) is 25.8 Å². The first-order valence-electron chi connectivity index (χ1n) is 10.3. The normalized spacial score (nSPS) is 17.4. The average molecular weight is 474 g/mol. The third-order valence-corrected chi connectivity index (χ3v) is 6.44. The second-order valence-corrected chi connectivity index (χ2v) is 8.40. The summed E-state index contributed by atoms with van der Waals surface area (Å²) < 4.78 is 10.5. The Kier molecular flexibility index (Phi) is 5.46. The van der Waals surface area contributed by atoms with Gasteiger partial charge < -0.3 is 14.6 Å². The van der Waals surface area contributed by atoms with Gasteiger partial charge in [-0.05, 0) is 46.7 Å². The SMILES string of the molecule is COc1ccc(C2/C(=C(\O)c3ccc4cc(OC)ccc4c3)C(=O)C(=O)N2c2nncs2)cc1. The Morgan fingerprint density at radius 3 is 2.29 bits per heavy atom. The highest BCUT2D eigenvalue weighted by Gasteiger charge is 2.48. The van der Waals surface area contributed by atoms with Gasteiger partial charge in [0.1, 0.15) is 22.8 Å². The molecular formula is C25H19N3O5S. The number of rotatable bonds is 5. The summed E-state index contributed by atoms with van der Waals surface area (Å²) in [5, 5.41) is 21.2. The molecule has 4 aromatic rings. The number of anilines is 1. The number of aliphatic hydroxyl groups excluding tert-OH is 1. The Morgan fingerprint density at radius 1 is 0.941 bits per heavy atom. The van der Waals surface area contributed by atoms with E-state index >= 15 is 0 Å². The number of carbonyl (C=O) groups excluding carboxylic acids is 2. The van der Waals surface area contributed by atoms with Crippen LogP contribution in [0, 0.1) is 0 Å². The van der Waals surface area contributed by atoms with Crippen molar-refractivity contribution in [3.8, 4) is 11.5 Å². The van der Waals surface area contributed by atoms with E-state index < -0.39 is 17.7 Å². The molecule has 0 saturated carbocycles. The van der Waals surface area contributed by atoms with E-state index in [4.69, 9.17) is 9.47 Å². The van der Waals surface area contributed by atoms with Gasteiger partial charge in [-0.3, -0.25) is 14.5 Å². The van der Waals surface area contributed by atoms with E-state index in [-0.39, 0.29) is 16.5 Å². The minimum Gasteiger partial charge on any atom is -0.507 e. The Balaban J connectivity index is 1.68. The lowest BCUT2D eigenvalue weighted by atomic mass is 9.94. The molecule has 0 bridgehead atoms. The Labute approximate surface area is 198 Å². The van der Waals surface area contributed by atoms with Crippen LogP contribution < -0.4 is 14.4 Å². The Hall–Kier alpha value is -4.24. The number of ketones is 1. The summed E-state index contributed by atoms with van der Waals surface area (Å²) in [4.78, 5) is 27.5. The highest BCUT2D eigenvalue weighted by Crippen LogP contribution is 2.43. The number of hydrogen-bond donors (Lipinski definition) is 1. The predicted octanol–water partition coefficient (Wildman–Crippen LogP) is 4.33. The molecule has 1 aromatic heterocycles. The van der Waals surface area contributed by atoms with E-state index in [1.54, 1.807) is 50.6 Å². The monoisotopic (exact) mass is 473 g/mol. The number of hydrogen-bond acceptors (Lipinski definition) is 8. The van der Waals surface area contributed by atoms with Crippen molar-refractivity contribution in [2.45, 2.75) is 6.04 Å². The van der Waals surface area contributed by atoms with E-state index in [9.17, 15) is 14.7 Å². The molecule has 1 N–H and O–H groups in total. The standard InChI is InChI=1S/C25H19N3O5S/c1-32-18-8-5-14(6-9-18)21-20(23(30)24(31)28(21)25-27-26-13-34-25)22(29)17-4-3-16-12-19(33-2)10-7-15(16)11-17/h3-13,21,29H,1-2H3/b22-20+. The lowest BCUT2D eigenvalue weighted by molar-refractivity contribution is -0.132. The zero-order chi connectivity index (χ0) is 23.8. The van der Waals surface area contributed by atoms with Gasteiger partial charge in [0.15, 0.2) is 0 Å². The molecule has 1 amide bonds. The van der Waals surface area contributed by atoms with Crippen molar-refractivity contribution in [1.29, 1.82) is 0 Å². The summed E-state index contributed by atoms with van der Waals surface area (Å²) in [7, 11) is 3.15. The van der Waals surface area contributed by atoms with Gasteiger partial charge in [-0.2, -0.15) is 0 Å². The van der Waals surface area contributed by atoms with Crippen LogP contribution >= 0.6 is 11.3 Å². The van der Waals surface area contributed by atoms with Crippen LogP contribution in [-0.4, -0.2) is 41.2 Å². The molecule has 0 aliphatic carbocycles. The van der Waals surface area contributed by atoms with Gasteiger partial charge in [0.25, 0.3) is 5.78 Å². The molecule has 0 radical (unpaired) electrons. The second kappa shape index (κ2) is 8.60. The largest absolute Gasteiger partial charge is 0.507 e. The van der Waals surface area contributed by atoms with Crippen molar-refractivity contribution < 1.29 is 24.2 Å². The van der Waals surface area contributed by atoms with Crippen molar-refractivity contribution in [2.24, 2.45) is 0 Å². The zero-order valence-electron chi connectivity index (χ0n) is 18.3. The fourth-order valence-corrected chi connectivity index (χ4v) is 4.64. The minimum absolute atomic E-state index is 0.0155. The molecule has 1 aliphatic rings. The van der Waals surface area contributed by atoms with Crippen LogP contribution in [0.1, 0.15) is 17.2 Å². The smallest absolute Gasteiger partial charge is 0.301 e. The fraction of sp³-hybridized carbons (Fsp3) is 0.120. The molecule has 5 rings (SSSR count). The predicted molar refractivity (Wildman–Crippen MR) is 128 cm³/mol. The van der Waals surface area contributed by atoms with E-state index in [2.05, 4.69) is 10.2 Å². The lowest BCUT2D eigenvalue weighted by Gasteiger charge is -2.22. The topological polar surface area (TPSA) is 102 Å². The van der Waals surface area contributed by atoms with Crippen molar-refractivity contribution in [3.05, 3.63) is 82.9 Å². The summed E-state index contributed by atoms with van der Waals surface area (Å²) in [6.45, 7) is 0. The zero-order valence-corrected chi connectivity index (χ0v) is 19.1. The van der Waals surface area contributed by atoms with Gasteiger partial charge in [0, 0.05) is 5.56 Å². The fourth-order valence-electron chi connectivity index (χ4n) is 4.06. The van der Waals surface area contributed by atoms with Crippen LogP contribution in [0.15, 0.2) is 71.7 Å². The van der Waals surface area contributed by atoms with E-state index in [1.807, 2.05) is 24.3 Å². The van der Waals surface area contributed by atoms with E-state index in [1.165, 1.54) is 10.4 Å². The summed E-state index contributed by atoms with van der Waals surface area (Å²) in [5.74, 6) is -0.481. The van der Waals surface area contributed by atoms with Crippen LogP contribution in [0.5, 0.6) is 11.5 Å². The molecule has 170 valence electrons. The number of ether oxygens (including phenoxy) is 2. The number of carbonyl (C=O) groups is 2. The highest BCUT2D eigenvalue weighted by atomic mass is 32.1. The summed E-state index contributed by atoms with van der Waals surface area (Å²) >= 11 is 1.14. The molecule has 34 heavy (non-hydrogen) atoms. The molecule has 0 spiro atoms. The Morgan fingerprint density at radius 2 is 1.62 bits per heavy atom. The van der Waals surface area contributed by atoms with Gasteiger partial charge in [-0.1, -0.05) is 41.7 Å². The first-order valence-corrected chi connectivity index (χ1v) is 11.2. The lowest BCUT2D eigenvalue weighted by Crippen LogP contribution is -2.29. The molecule has 1 atom stereocenters. The molecule has 1 aliphatic heterocycles. The number of fused-ring (bicyclic) bond motifs is 1.